The summed E-state index contributed by atoms with van der Waals surface area (Å²) in [7, 11) is 0. The van der Waals surface area contributed by atoms with Gasteiger partial charge in [-0.15, -0.1) is 12.4 Å². The Kier molecular flexibility index (Phi) is 6.32. The van der Waals surface area contributed by atoms with E-state index in [1.54, 1.807) is 0 Å². The highest BCUT2D eigenvalue weighted by molar-refractivity contribution is 6.09. The van der Waals surface area contributed by atoms with Crippen LogP contribution in [-0.4, -0.2) is 47.4 Å². The van der Waals surface area contributed by atoms with Gasteiger partial charge in [-0.2, -0.15) is 0 Å². The molecule has 3 rings (SSSR count). The monoisotopic (exact) mass is 372 g/mol. The second kappa shape index (κ2) is 7.91. The molecule has 7 nitrogen and oxygen atoms in total. The van der Waals surface area contributed by atoms with Gasteiger partial charge < -0.3 is 16.4 Å². The molecule has 1 aliphatic heterocycles. The predicted molar refractivity (Wildman–Crippen MR) is 96.2 cm³/mol. The van der Waals surface area contributed by atoms with E-state index in [9.17, 15) is 14.4 Å². The van der Waals surface area contributed by atoms with Crippen molar-refractivity contribution in [3.05, 3.63) is 0 Å². The fourth-order valence-corrected chi connectivity index (χ4v) is 4.00. The highest BCUT2D eigenvalue weighted by atomic mass is 35.5. The van der Waals surface area contributed by atoms with E-state index in [2.05, 4.69) is 17.6 Å². The molecule has 8 heteroatoms. The average molecular weight is 373 g/mol. The van der Waals surface area contributed by atoms with E-state index in [1.807, 2.05) is 0 Å². The zero-order valence-corrected chi connectivity index (χ0v) is 15.6. The number of halogens is 1. The topological polar surface area (TPSA) is 105 Å². The summed E-state index contributed by atoms with van der Waals surface area (Å²) >= 11 is 0. The summed E-state index contributed by atoms with van der Waals surface area (Å²) in [5.41, 5.74) is 4.90. The van der Waals surface area contributed by atoms with E-state index in [1.165, 1.54) is 0 Å². The molecular formula is C17H29ClN4O3. The third-order valence-corrected chi connectivity index (χ3v) is 5.88. The number of rotatable bonds is 6. The van der Waals surface area contributed by atoms with Gasteiger partial charge in [-0.1, -0.05) is 13.3 Å². The molecule has 1 atom stereocenters. The Morgan fingerprint density at radius 3 is 2.48 bits per heavy atom. The van der Waals surface area contributed by atoms with Crippen LogP contribution in [-0.2, 0) is 9.59 Å². The Labute approximate surface area is 154 Å². The van der Waals surface area contributed by atoms with Crippen molar-refractivity contribution in [2.24, 2.45) is 17.6 Å². The summed E-state index contributed by atoms with van der Waals surface area (Å²) in [5, 5.41) is 5.72. The van der Waals surface area contributed by atoms with Crippen LogP contribution in [0, 0.1) is 11.8 Å². The first-order chi connectivity index (χ1) is 11.5. The molecule has 0 radical (unpaired) electrons. The first kappa shape index (κ1) is 20.0. The standard InChI is InChI=1S/C17H28N4O3.ClH/c1-2-11-5-7-17(8-6-11)15(23)21(16(24)20-17)10-14(22)19-13(9-18)12-3-4-12;/h11-13H,2-10,18H2,1H3,(H,19,22)(H,20,24);1H. The highest BCUT2D eigenvalue weighted by Gasteiger charge is 2.52. The maximum atomic E-state index is 12.8. The van der Waals surface area contributed by atoms with Gasteiger partial charge in [0.15, 0.2) is 0 Å². The van der Waals surface area contributed by atoms with Crippen molar-refractivity contribution < 1.29 is 14.4 Å². The summed E-state index contributed by atoms with van der Waals surface area (Å²) in [6.07, 6.45) is 6.48. The lowest BCUT2D eigenvalue weighted by molar-refractivity contribution is -0.136. The van der Waals surface area contributed by atoms with Gasteiger partial charge in [0.1, 0.15) is 12.1 Å². The number of nitrogens with zero attached hydrogens (tertiary/aromatic N) is 1. The van der Waals surface area contributed by atoms with Crippen molar-refractivity contribution in [2.45, 2.75) is 63.5 Å². The lowest BCUT2D eigenvalue weighted by atomic mass is 9.75. The maximum Gasteiger partial charge on any atom is 0.325 e. The molecule has 3 aliphatic rings. The number of imide groups is 1. The lowest BCUT2D eigenvalue weighted by Gasteiger charge is -2.34. The van der Waals surface area contributed by atoms with Crippen molar-refractivity contribution in [2.75, 3.05) is 13.1 Å². The zero-order chi connectivity index (χ0) is 17.3. The third kappa shape index (κ3) is 4.08. The van der Waals surface area contributed by atoms with E-state index in [0.29, 0.717) is 31.2 Å². The van der Waals surface area contributed by atoms with Crippen LogP contribution < -0.4 is 16.4 Å². The van der Waals surface area contributed by atoms with Gasteiger partial charge in [-0.3, -0.25) is 14.5 Å². The SMILES string of the molecule is CCC1CCC2(CC1)NC(=O)N(CC(=O)NC(CN)C1CC1)C2=O.Cl. The molecule has 3 fully saturated rings. The van der Waals surface area contributed by atoms with Crippen LogP contribution in [0.1, 0.15) is 51.9 Å². The smallest absolute Gasteiger partial charge is 0.325 e. The van der Waals surface area contributed by atoms with Crippen molar-refractivity contribution >= 4 is 30.3 Å². The fraction of sp³-hybridized carbons (Fsp3) is 0.824. The van der Waals surface area contributed by atoms with Crippen molar-refractivity contribution in [1.82, 2.24) is 15.5 Å². The van der Waals surface area contributed by atoms with Crippen LogP contribution in [0.15, 0.2) is 0 Å². The molecule has 1 spiro atoms. The van der Waals surface area contributed by atoms with Gasteiger partial charge in [0.2, 0.25) is 5.91 Å². The minimum absolute atomic E-state index is 0. The lowest BCUT2D eigenvalue weighted by Crippen LogP contribution is -2.50. The van der Waals surface area contributed by atoms with Gasteiger partial charge in [0.25, 0.3) is 5.91 Å². The minimum Gasteiger partial charge on any atom is -0.350 e. The quantitative estimate of drug-likeness (QED) is 0.608. The molecule has 2 saturated carbocycles. The van der Waals surface area contributed by atoms with E-state index in [4.69, 9.17) is 5.73 Å². The molecule has 1 saturated heterocycles. The van der Waals surface area contributed by atoms with Crippen LogP contribution in [0.3, 0.4) is 0 Å². The van der Waals surface area contributed by atoms with Gasteiger partial charge >= 0.3 is 6.03 Å². The van der Waals surface area contributed by atoms with Crippen molar-refractivity contribution in [3.8, 4) is 0 Å². The molecule has 2 aliphatic carbocycles. The molecule has 142 valence electrons. The number of carbonyl (C=O) groups is 3. The number of hydrogen-bond acceptors (Lipinski definition) is 4. The zero-order valence-electron chi connectivity index (χ0n) is 14.8. The number of nitrogens with one attached hydrogen (secondary N) is 2. The second-order valence-electron chi connectivity index (χ2n) is 7.50. The Hall–Kier alpha value is -1.34. The Balaban J connectivity index is 0.00000225. The first-order valence-corrected chi connectivity index (χ1v) is 9.12. The predicted octanol–water partition coefficient (Wildman–Crippen LogP) is 1.15. The van der Waals surface area contributed by atoms with Crippen LogP contribution in [0.2, 0.25) is 0 Å². The van der Waals surface area contributed by atoms with Crippen LogP contribution >= 0.6 is 12.4 Å². The molecule has 0 aromatic heterocycles. The average Bonchev–Trinajstić information content (AvgIpc) is 3.39. The second-order valence-corrected chi connectivity index (χ2v) is 7.50. The highest BCUT2D eigenvalue weighted by Crippen LogP contribution is 2.37. The largest absolute Gasteiger partial charge is 0.350 e. The molecule has 4 N–H and O–H groups in total. The molecule has 25 heavy (non-hydrogen) atoms. The molecule has 0 aromatic rings. The molecule has 1 heterocycles. The molecule has 0 bridgehead atoms. The van der Waals surface area contributed by atoms with E-state index >= 15 is 0 Å². The normalized spacial score (nSPS) is 30.0. The first-order valence-electron chi connectivity index (χ1n) is 9.12. The van der Waals surface area contributed by atoms with Gasteiger partial charge in [0.05, 0.1) is 0 Å². The summed E-state index contributed by atoms with van der Waals surface area (Å²) in [6.45, 7) is 2.33. The van der Waals surface area contributed by atoms with Crippen LogP contribution in [0.4, 0.5) is 4.79 Å². The van der Waals surface area contributed by atoms with Crippen molar-refractivity contribution in [3.63, 3.8) is 0 Å². The third-order valence-electron chi connectivity index (χ3n) is 5.88. The van der Waals surface area contributed by atoms with E-state index < -0.39 is 11.6 Å². The summed E-state index contributed by atoms with van der Waals surface area (Å²) in [4.78, 5) is 38.3. The van der Waals surface area contributed by atoms with Crippen LogP contribution in [0.5, 0.6) is 0 Å². The van der Waals surface area contributed by atoms with Crippen molar-refractivity contribution in [1.29, 1.82) is 0 Å². The fourth-order valence-electron chi connectivity index (χ4n) is 4.00. The van der Waals surface area contributed by atoms with Gasteiger partial charge in [0, 0.05) is 12.6 Å². The summed E-state index contributed by atoms with van der Waals surface area (Å²) < 4.78 is 0. The number of urea groups is 1. The number of nitrogens with two attached hydrogens (primary N) is 1. The van der Waals surface area contributed by atoms with E-state index in [0.717, 1.165) is 37.0 Å². The number of carbonyl (C=O) groups excluding carboxylic acids is 3. The maximum absolute atomic E-state index is 12.8. The molecule has 0 aromatic carbocycles. The molecule has 4 amide bonds. The number of hydrogen-bond donors (Lipinski definition) is 3. The Morgan fingerprint density at radius 1 is 1.32 bits per heavy atom. The Bertz CT molecular complexity index is 530. The Morgan fingerprint density at radius 2 is 1.96 bits per heavy atom. The minimum atomic E-state index is -0.785. The molecular weight excluding hydrogens is 344 g/mol. The van der Waals surface area contributed by atoms with Gasteiger partial charge in [-0.05, 0) is 50.4 Å². The molecule has 1 unspecified atom stereocenters. The van der Waals surface area contributed by atoms with E-state index in [-0.39, 0.29) is 36.8 Å². The summed E-state index contributed by atoms with van der Waals surface area (Å²) in [6, 6.07) is -0.493. The van der Waals surface area contributed by atoms with Crippen LogP contribution in [0.25, 0.3) is 0 Å². The number of amides is 4. The summed E-state index contributed by atoms with van der Waals surface area (Å²) in [5.74, 6) is 0.521. The van der Waals surface area contributed by atoms with Gasteiger partial charge in [-0.25, -0.2) is 4.79 Å².